The maximum absolute atomic E-state index is 10.7. The Labute approximate surface area is 113 Å². The van der Waals surface area contributed by atoms with E-state index in [0.717, 1.165) is 30.6 Å². The van der Waals surface area contributed by atoms with E-state index in [9.17, 15) is 10.4 Å². The summed E-state index contributed by atoms with van der Waals surface area (Å²) in [5.74, 6) is 1.71. The molecule has 4 unspecified atom stereocenters. The summed E-state index contributed by atoms with van der Waals surface area (Å²) in [6, 6.07) is 9.91. The molecule has 0 aliphatic heterocycles. The first kappa shape index (κ1) is 12.5. The first-order valence-electron chi connectivity index (χ1n) is 6.93. The zero-order valence-corrected chi connectivity index (χ0v) is 11.2. The van der Waals surface area contributed by atoms with Gasteiger partial charge in [0.1, 0.15) is 5.75 Å². The van der Waals surface area contributed by atoms with Gasteiger partial charge in [-0.15, -0.1) is 0 Å². The van der Waals surface area contributed by atoms with Gasteiger partial charge in [0, 0.05) is 0 Å². The summed E-state index contributed by atoms with van der Waals surface area (Å²) in [4.78, 5) is 0. The first-order chi connectivity index (χ1) is 9.19. The van der Waals surface area contributed by atoms with Gasteiger partial charge in [-0.3, -0.25) is 0 Å². The third-order valence-corrected chi connectivity index (χ3v) is 5.00. The summed E-state index contributed by atoms with van der Waals surface area (Å²) in [7, 11) is 1.61. The molecule has 19 heavy (non-hydrogen) atoms. The highest BCUT2D eigenvalue weighted by Gasteiger charge is 2.55. The van der Waals surface area contributed by atoms with Crippen LogP contribution in [-0.2, 0) is 0 Å². The first-order valence-corrected chi connectivity index (χ1v) is 6.93. The monoisotopic (exact) mass is 257 g/mol. The molecule has 2 bridgehead atoms. The van der Waals surface area contributed by atoms with Crippen molar-refractivity contribution in [2.75, 3.05) is 7.11 Å². The highest BCUT2D eigenvalue weighted by molar-refractivity contribution is 5.33. The van der Waals surface area contributed by atoms with Crippen LogP contribution in [0, 0.1) is 28.6 Å². The van der Waals surface area contributed by atoms with E-state index in [-0.39, 0.29) is 0 Å². The Morgan fingerprint density at radius 3 is 2.89 bits per heavy atom. The van der Waals surface area contributed by atoms with Crippen LogP contribution < -0.4 is 4.74 Å². The summed E-state index contributed by atoms with van der Waals surface area (Å²) in [5, 5.41) is 20.4. The van der Waals surface area contributed by atoms with E-state index in [2.05, 4.69) is 6.07 Å². The van der Waals surface area contributed by atoms with Gasteiger partial charge < -0.3 is 9.84 Å². The second-order valence-corrected chi connectivity index (χ2v) is 5.91. The van der Waals surface area contributed by atoms with Gasteiger partial charge in [-0.25, -0.2) is 0 Å². The van der Waals surface area contributed by atoms with Crippen molar-refractivity contribution < 1.29 is 9.84 Å². The number of rotatable bonds is 3. The number of aliphatic hydroxyl groups excluding tert-OH is 1. The Hall–Kier alpha value is -1.53. The fourth-order valence-electron chi connectivity index (χ4n) is 4.01. The molecular weight excluding hydrogens is 238 g/mol. The fourth-order valence-corrected chi connectivity index (χ4v) is 4.01. The smallest absolute Gasteiger partial charge is 0.119 e. The van der Waals surface area contributed by atoms with Crippen LogP contribution >= 0.6 is 0 Å². The molecule has 1 N–H and O–H groups in total. The van der Waals surface area contributed by atoms with Gasteiger partial charge in [0.15, 0.2) is 0 Å². The van der Waals surface area contributed by atoms with Crippen LogP contribution in [0.3, 0.4) is 0 Å². The molecule has 0 radical (unpaired) electrons. The Morgan fingerprint density at radius 2 is 2.32 bits per heavy atom. The normalized spacial score (nSPS) is 33.9. The molecule has 0 aromatic heterocycles. The van der Waals surface area contributed by atoms with Crippen LogP contribution in [0.4, 0.5) is 0 Å². The quantitative estimate of drug-likeness (QED) is 0.905. The number of nitrogens with zero attached hydrogens (tertiary/aromatic N) is 1. The predicted octanol–water partition coefficient (Wildman–Crippen LogP) is 3.06. The Balaban J connectivity index is 1.94. The number of methoxy groups -OCH3 is 1. The number of nitriles is 1. The second kappa shape index (κ2) is 4.54. The average molecular weight is 257 g/mol. The van der Waals surface area contributed by atoms with Crippen LogP contribution in [0.1, 0.15) is 37.4 Å². The fraction of sp³-hybridized carbons (Fsp3) is 0.562. The molecule has 3 nitrogen and oxygen atoms in total. The molecule has 100 valence electrons. The summed E-state index contributed by atoms with van der Waals surface area (Å²) < 4.78 is 5.20. The van der Waals surface area contributed by atoms with Gasteiger partial charge in [0.2, 0.25) is 0 Å². The minimum absolute atomic E-state index is 0.351. The number of benzene rings is 1. The molecule has 4 atom stereocenters. The lowest BCUT2D eigenvalue weighted by Gasteiger charge is -2.35. The minimum atomic E-state index is -0.706. The molecule has 0 heterocycles. The van der Waals surface area contributed by atoms with Gasteiger partial charge >= 0.3 is 0 Å². The van der Waals surface area contributed by atoms with Crippen molar-refractivity contribution in [2.24, 2.45) is 17.3 Å². The van der Waals surface area contributed by atoms with Crippen LogP contribution in [0.5, 0.6) is 5.75 Å². The second-order valence-electron chi connectivity index (χ2n) is 5.91. The topological polar surface area (TPSA) is 53.2 Å². The van der Waals surface area contributed by atoms with Crippen LogP contribution in [0.25, 0.3) is 0 Å². The van der Waals surface area contributed by atoms with Gasteiger partial charge in [0.05, 0.1) is 24.7 Å². The van der Waals surface area contributed by atoms with Crippen molar-refractivity contribution in [3.05, 3.63) is 29.8 Å². The highest BCUT2D eigenvalue weighted by atomic mass is 16.5. The van der Waals surface area contributed by atoms with E-state index in [1.165, 1.54) is 6.42 Å². The molecule has 0 saturated heterocycles. The highest BCUT2D eigenvalue weighted by Crippen LogP contribution is 2.60. The number of fused-ring (bicyclic) bond motifs is 2. The molecule has 2 aliphatic rings. The van der Waals surface area contributed by atoms with Crippen molar-refractivity contribution in [3.63, 3.8) is 0 Å². The third-order valence-electron chi connectivity index (χ3n) is 5.00. The molecule has 2 aliphatic carbocycles. The third kappa shape index (κ3) is 1.82. The number of hydrogen-bond acceptors (Lipinski definition) is 3. The molecule has 2 fully saturated rings. The summed E-state index contributed by atoms with van der Waals surface area (Å²) in [6.45, 7) is 0. The summed E-state index contributed by atoms with van der Waals surface area (Å²) >= 11 is 0. The largest absolute Gasteiger partial charge is 0.497 e. The van der Waals surface area contributed by atoms with Gasteiger partial charge in [-0.2, -0.15) is 5.26 Å². The lowest BCUT2D eigenvalue weighted by Crippen LogP contribution is -2.33. The Kier molecular flexibility index (Phi) is 2.99. The number of ether oxygens (including phenoxy) is 1. The number of aliphatic hydroxyl groups is 1. The van der Waals surface area contributed by atoms with Crippen LogP contribution in [0.15, 0.2) is 24.3 Å². The van der Waals surface area contributed by atoms with Crippen LogP contribution in [0.2, 0.25) is 0 Å². The summed E-state index contributed by atoms with van der Waals surface area (Å²) in [6.07, 6.45) is 3.54. The molecule has 1 aromatic rings. The SMILES string of the molecule is COc1cccc(C(O)C2(C#N)CC3CCC2C3)c1. The van der Waals surface area contributed by atoms with E-state index in [4.69, 9.17) is 4.74 Å². The van der Waals surface area contributed by atoms with Crippen LogP contribution in [-0.4, -0.2) is 12.2 Å². The zero-order valence-electron chi connectivity index (χ0n) is 11.2. The lowest BCUT2D eigenvalue weighted by molar-refractivity contribution is 0.0232. The maximum atomic E-state index is 10.7. The summed E-state index contributed by atoms with van der Waals surface area (Å²) in [5.41, 5.74) is 0.211. The molecule has 0 amide bonds. The lowest BCUT2D eigenvalue weighted by atomic mass is 9.68. The predicted molar refractivity (Wildman–Crippen MR) is 71.4 cm³/mol. The standard InChI is InChI=1S/C16H19NO2/c1-19-14-4-2-3-12(8-14)15(18)16(10-17)9-11-5-6-13(16)7-11/h2-4,8,11,13,15,18H,5-7,9H2,1H3. The van der Waals surface area contributed by atoms with E-state index in [0.29, 0.717) is 11.8 Å². The Morgan fingerprint density at radius 1 is 1.47 bits per heavy atom. The molecule has 0 spiro atoms. The average Bonchev–Trinajstić information content (AvgIpc) is 3.07. The molecular formula is C16H19NO2. The molecule has 3 heteroatoms. The molecule has 2 saturated carbocycles. The van der Waals surface area contributed by atoms with E-state index >= 15 is 0 Å². The van der Waals surface area contributed by atoms with Crippen molar-refractivity contribution in [3.8, 4) is 11.8 Å². The van der Waals surface area contributed by atoms with Crippen molar-refractivity contribution >= 4 is 0 Å². The van der Waals surface area contributed by atoms with E-state index in [1.54, 1.807) is 7.11 Å². The minimum Gasteiger partial charge on any atom is -0.497 e. The Bertz CT molecular complexity index is 522. The zero-order chi connectivity index (χ0) is 13.5. The number of hydrogen-bond donors (Lipinski definition) is 1. The van der Waals surface area contributed by atoms with Gasteiger partial charge in [-0.1, -0.05) is 18.6 Å². The van der Waals surface area contributed by atoms with Crippen molar-refractivity contribution in [1.29, 1.82) is 5.26 Å². The van der Waals surface area contributed by atoms with Gasteiger partial charge in [0.25, 0.3) is 0 Å². The van der Waals surface area contributed by atoms with Crippen molar-refractivity contribution in [1.82, 2.24) is 0 Å². The van der Waals surface area contributed by atoms with Crippen molar-refractivity contribution in [2.45, 2.75) is 31.8 Å². The van der Waals surface area contributed by atoms with Gasteiger partial charge in [-0.05, 0) is 48.8 Å². The molecule has 3 rings (SSSR count). The van der Waals surface area contributed by atoms with E-state index < -0.39 is 11.5 Å². The van der Waals surface area contributed by atoms with E-state index in [1.807, 2.05) is 24.3 Å². The maximum Gasteiger partial charge on any atom is 0.119 e. The molecule has 1 aromatic carbocycles.